The zero-order valence-electron chi connectivity index (χ0n) is 11.3. The molecule has 0 bridgehead atoms. The molecule has 5 heteroatoms. The van der Waals surface area contributed by atoms with Gasteiger partial charge in [-0.05, 0) is 31.5 Å². The molecule has 0 unspecified atom stereocenters. The molecular formula is C15H14FN3O. The molecule has 102 valence electrons. The third-order valence-corrected chi connectivity index (χ3v) is 3.06. The summed E-state index contributed by atoms with van der Waals surface area (Å²) in [4.78, 5) is 11.7. The molecular weight excluding hydrogens is 257 g/mol. The summed E-state index contributed by atoms with van der Waals surface area (Å²) < 4.78 is 19.4. The number of rotatable bonds is 3. The largest absolute Gasteiger partial charge is 0.478 e. The second kappa shape index (κ2) is 4.92. The van der Waals surface area contributed by atoms with Crippen LogP contribution in [0, 0.1) is 12.7 Å². The third-order valence-electron chi connectivity index (χ3n) is 3.06. The Balaban J connectivity index is 2.10. The molecule has 0 fully saturated rings. The maximum Gasteiger partial charge on any atom is 0.215 e. The number of imidazole rings is 1. The van der Waals surface area contributed by atoms with Gasteiger partial charge in [0.05, 0.1) is 17.7 Å². The van der Waals surface area contributed by atoms with E-state index >= 15 is 0 Å². The molecule has 0 atom stereocenters. The van der Waals surface area contributed by atoms with Gasteiger partial charge in [0.25, 0.3) is 0 Å². The number of benzene rings is 1. The molecule has 0 saturated heterocycles. The third kappa shape index (κ3) is 2.11. The van der Waals surface area contributed by atoms with Crippen LogP contribution in [0.3, 0.4) is 0 Å². The van der Waals surface area contributed by atoms with Gasteiger partial charge in [-0.2, -0.15) is 4.98 Å². The topological polar surface area (TPSA) is 50.8 Å². The monoisotopic (exact) mass is 271 g/mol. The number of fused-ring (bicyclic) bond motifs is 1. The molecule has 0 amide bonds. The van der Waals surface area contributed by atoms with Crippen molar-refractivity contribution in [2.24, 2.45) is 0 Å². The van der Waals surface area contributed by atoms with E-state index in [4.69, 9.17) is 4.74 Å². The lowest BCUT2D eigenvalue weighted by molar-refractivity contribution is 0.328. The lowest BCUT2D eigenvalue weighted by Crippen LogP contribution is -1.93. The fraction of sp³-hybridized carbons (Fsp3) is 0.200. The number of aromatic amines is 1. The van der Waals surface area contributed by atoms with Crippen molar-refractivity contribution in [2.45, 2.75) is 13.8 Å². The molecule has 0 aliphatic rings. The predicted octanol–water partition coefficient (Wildman–Crippen LogP) is 3.47. The van der Waals surface area contributed by atoms with Gasteiger partial charge >= 0.3 is 0 Å². The number of aromatic nitrogens is 3. The normalized spacial score (nSPS) is 10.9. The average Bonchev–Trinajstić information content (AvgIpc) is 2.85. The van der Waals surface area contributed by atoms with Gasteiger partial charge in [-0.15, -0.1) is 0 Å². The Labute approximate surface area is 115 Å². The summed E-state index contributed by atoms with van der Waals surface area (Å²) in [6.07, 6.45) is 0. The highest BCUT2D eigenvalue weighted by Gasteiger charge is 2.12. The predicted molar refractivity (Wildman–Crippen MR) is 75.2 cm³/mol. The lowest BCUT2D eigenvalue weighted by atomic mass is 10.1. The molecule has 1 N–H and O–H groups in total. The van der Waals surface area contributed by atoms with Crippen molar-refractivity contribution in [3.63, 3.8) is 0 Å². The van der Waals surface area contributed by atoms with Gasteiger partial charge in [0.2, 0.25) is 5.88 Å². The molecule has 0 aliphatic carbocycles. The molecule has 4 nitrogen and oxygen atoms in total. The smallest absolute Gasteiger partial charge is 0.215 e. The van der Waals surface area contributed by atoms with E-state index in [1.165, 1.54) is 0 Å². The Morgan fingerprint density at radius 3 is 2.85 bits per heavy atom. The van der Waals surface area contributed by atoms with Crippen LogP contribution in [0.15, 0.2) is 30.3 Å². The van der Waals surface area contributed by atoms with Crippen LogP contribution in [0.1, 0.15) is 12.5 Å². The van der Waals surface area contributed by atoms with E-state index in [-0.39, 0.29) is 5.82 Å². The van der Waals surface area contributed by atoms with Gasteiger partial charge in [0.15, 0.2) is 5.65 Å². The second-order valence-corrected chi connectivity index (χ2v) is 4.48. The molecule has 2 aromatic heterocycles. The van der Waals surface area contributed by atoms with Gasteiger partial charge in [-0.1, -0.05) is 12.1 Å². The first-order valence-corrected chi connectivity index (χ1v) is 6.44. The summed E-state index contributed by atoms with van der Waals surface area (Å²) >= 11 is 0. The number of hydrogen-bond acceptors (Lipinski definition) is 3. The van der Waals surface area contributed by atoms with E-state index < -0.39 is 0 Å². The van der Waals surface area contributed by atoms with Crippen LogP contribution in [0.4, 0.5) is 4.39 Å². The summed E-state index contributed by atoms with van der Waals surface area (Å²) in [5.41, 5.74) is 2.31. The van der Waals surface area contributed by atoms with E-state index in [2.05, 4.69) is 15.0 Å². The van der Waals surface area contributed by atoms with Crippen LogP contribution in [-0.2, 0) is 0 Å². The zero-order valence-corrected chi connectivity index (χ0v) is 11.3. The first-order chi connectivity index (χ1) is 9.69. The first kappa shape index (κ1) is 12.6. The average molecular weight is 271 g/mol. The highest BCUT2D eigenvalue weighted by atomic mass is 19.1. The van der Waals surface area contributed by atoms with Crippen LogP contribution < -0.4 is 4.74 Å². The van der Waals surface area contributed by atoms with Crippen LogP contribution in [0.2, 0.25) is 0 Å². The standard InChI is InChI=1S/C15H14FN3O/c1-3-20-12-8-7-11-15(18-12)19-14(17-11)10-6-4-5-9(2)13(10)16/h4-8H,3H2,1-2H3,(H,17,18,19). The zero-order chi connectivity index (χ0) is 14.1. The molecule has 0 radical (unpaired) electrons. The lowest BCUT2D eigenvalue weighted by Gasteiger charge is -2.01. The number of H-pyrrole nitrogens is 1. The van der Waals surface area contributed by atoms with Gasteiger partial charge in [0, 0.05) is 6.07 Å². The Kier molecular flexibility index (Phi) is 3.10. The van der Waals surface area contributed by atoms with Gasteiger partial charge in [0.1, 0.15) is 11.6 Å². The molecule has 2 heterocycles. The van der Waals surface area contributed by atoms with E-state index in [9.17, 15) is 4.39 Å². The summed E-state index contributed by atoms with van der Waals surface area (Å²) in [5, 5.41) is 0. The van der Waals surface area contributed by atoms with E-state index in [1.54, 1.807) is 31.2 Å². The summed E-state index contributed by atoms with van der Waals surface area (Å²) in [7, 11) is 0. The van der Waals surface area contributed by atoms with Gasteiger partial charge in [-0.25, -0.2) is 9.37 Å². The Hall–Kier alpha value is -2.43. The number of hydrogen-bond donors (Lipinski definition) is 1. The van der Waals surface area contributed by atoms with Crippen LogP contribution in [0.25, 0.3) is 22.6 Å². The minimum absolute atomic E-state index is 0.267. The number of nitrogens with zero attached hydrogens (tertiary/aromatic N) is 2. The molecule has 0 spiro atoms. The SMILES string of the molecule is CCOc1ccc2[nH]c(-c3cccc(C)c3F)nc2n1. The fourth-order valence-corrected chi connectivity index (χ4v) is 2.06. The number of pyridine rings is 1. The van der Waals surface area contributed by atoms with Crippen LogP contribution in [0.5, 0.6) is 5.88 Å². The molecule has 0 saturated carbocycles. The molecule has 20 heavy (non-hydrogen) atoms. The number of halogens is 1. The fourth-order valence-electron chi connectivity index (χ4n) is 2.06. The number of nitrogens with one attached hydrogen (secondary N) is 1. The Morgan fingerprint density at radius 1 is 1.20 bits per heavy atom. The first-order valence-electron chi connectivity index (χ1n) is 6.44. The maximum atomic E-state index is 14.1. The summed E-state index contributed by atoms with van der Waals surface area (Å²) in [6, 6.07) is 8.83. The van der Waals surface area contributed by atoms with Crippen molar-refractivity contribution in [3.05, 3.63) is 41.7 Å². The molecule has 0 aliphatic heterocycles. The van der Waals surface area contributed by atoms with Crippen molar-refractivity contribution in [2.75, 3.05) is 6.61 Å². The van der Waals surface area contributed by atoms with Crippen molar-refractivity contribution in [1.82, 2.24) is 15.0 Å². The summed E-state index contributed by atoms with van der Waals surface area (Å²) in [6.45, 7) is 4.17. The number of ether oxygens (including phenoxy) is 1. The Bertz CT molecular complexity index is 767. The van der Waals surface area contributed by atoms with Crippen LogP contribution >= 0.6 is 0 Å². The number of aryl methyl sites for hydroxylation is 1. The Morgan fingerprint density at radius 2 is 2.05 bits per heavy atom. The van der Waals surface area contributed by atoms with E-state index in [0.717, 1.165) is 5.52 Å². The van der Waals surface area contributed by atoms with E-state index in [0.29, 0.717) is 35.1 Å². The molecule has 1 aromatic carbocycles. The molecule has 3 rings (SSSR count). The van der Waals surface area contributed by atoms with Gasteiger partial charge < -0.3 is 9.72 Å². The van der Waals surface area contributed by atoms with Crippen molar-refractivity contribution >= 4 is 11.2 Å². The highest BCUT2D eigenvalue weighted by molar-refractivity contribution is 5.76. The van der Waals surface area contributed by atoms with Gasteiger partial charge in [-0.3, -0.25) is 0 Å². The quantitative estimate of drug-likeness (QED) is 0.793. The second-order valence-electron chi connectivity index (χ2n) is 4.48. The van der Waals surface area contributed by atoms with Crippen LogP contribution in [-0.4, -0.2) is 21.6 Å². The van der Waals surface area contributed by atoms with Crippen molar-refractivity contribution < 1.29 is 9.13 Å². The minimum atomic E-state index is -0.267. The molecule has 3 aromatic rings. The maximum absolute atomic E-state index is 14.1. The highest BCUT2D eigenvalue weighted by Crippen LogP contribution is 2.25. The van der Waals surface area contributed by atoms with E-state index in [1.807, 2.05) is 13.0 Å². The summed E-state index contributed by atoms with van der Waals surface area (Å²) in [5.74, 6) is 0.724. The minimum Gasteiger partial charge on any atom is -0.478 e. The van der Waals surface area contributed by atoms with Crippen molar-refractivity contribution in [1.29, 1.82) is 0 Å². The van der Waals surface area contributed by atoms with Crippen molar-refractivity contribution in [3.8, 4) is 17.3 Å².